The molecule has 5 heteroatoms. The van der Waals surface area contributed by atoms with Gasteiger partial charge in [0.15, 0.2) is 0 Å². The van der Waals surface area contributed by atoms with Crippen LogP contribution in [-0.4, -0.2) is 52.3 Å². The van der Waals surface area contributed by atoms with Crippen molar-refractivity contribution in [2.45, 2.75) is 6.92 Å². The lowest BCUT2D eigenvalue weighted by molar-refractivity contribution is 0.0683. The minimum atomic E-state index is -0.229. The lowest BCUT2D eigenvalue weighted by Crippen LogP contribution is -2.36. The molecular formula is C17H20N2O3. The van der Waals surface area contributed by atoms with Crippen molar-refractivity contribution in [2.24, 2.45) is 0 Å². The number of aliphatic hydroxyl groups is 2. The third-order valence-electron chi connectivity index (χ3n) is 3.41. The van der Waals surface area contributed by atoms with Gasteiger partial charge >= 0.3 is 0 Å². The topological polar surface area (TPSA) is 73.7 Å². The molecule has 1 aromatic heterocycles. The number of nitrogens with zero attached hydrogens (tertiary/aromatic N) is 2. The molecule has 0 radical (unpaired) electrons. The van der Waals surface area contributed by atoms with E-state index in [9.17, 15) is 4.79 Å². The van der Waals surface area contributed by atoms with Crippen molar-refractivity contribution < 1.29 is 15.0 Å². The third-order valence-corrected chi connectivity index (χ3v) is 3.41. The molecule has 0 spiro atoms. The maximum atomic E-state index is 12.5. The first-order valence-corrected chi connectivity index (χ1v) is 7.21. The smallest absolute Gasteiger partial charge is 0.255 e. The molecule has 2 N–H and O–H groups in total. The minimum absolute atomic E-state index is 0.139. The van der Waals surface area contributed by atoms with Crippen molar-refractivity contribution >= 4 is 5.91 Å². The van der Waals surface area contributed by atoms with Crippen LogP contribution >= 0.6 is 0 Å². The van der Waals surface area contributed by atoms with E-state index < -0.39 is 0 Å². The van der Waals surface area contributed by atoms with E-state index in [1.807, 2.05) is 36.4 Å². The maximum absolute atomic E-state index is 12.5. The maximum Gasteiger partial charge on any atom is 0.255 e. The van der Waals surface area contributed by atoms with Gasteiger partial charge in [-0.2, -0.15) is 0 Å². The van der Waals surface area contributed by atoms with Crippen LogP contribution in [0.1, 0.15) is 16.1 Å². The molecule has 0 aliphatic carbocycles. The molecule has 1 amide bonds. The average molecular weight is 300 g/mol. The molecule has 22 heavy (non-hydrogen) atoms. The Hall–Kier alpha value is -2.24. The summed E-state index contributed by atoms with van der Waals surface area (Å²) < 4.78 is 0. The summed E-state index contributed by atoms with van der Waals surface area (Å²) in [6.45, 7) is 1.90. The summed E-state index contributed by atoms with van der Waals surface area (Å²) >= 11 is 0. The van der Waals surface area contributed by atoms with Crippen LogP contribution in [0.5, 0.6) is 0 Å². The van der Waals surface area contributed by atoms with Crippen LogP contribution in [0.25, 0.3) is 11.3 Å². The number of hydrogen-bond donors (Lipinski definition) is 2. The molecule has 0 aliphatic rings. The molecule has 0 aliphatic heterocycles. The van der Waals surface area contributed by atoms with E-state index in [-0.39, 0.29) is 32.2 Å². The van der Waals surface area contributed by atoms with Gasteiger partial charge in [-0.25, -0.2) is 0 Å². The van der Waals surface area contributed by atoms with Crippen LogP contribution in [0.2, 0.25) is 0 Å². The fourth-order valence-corrected chi connectivity index (χ4v) is 2.28. The first-order chi connectivity index (χ1) is 10.7. The van der Waals surface area contributed by atoms with Gasteiger partial charge in [-0.3, -0.25) is 9.78 Å². The molecule has 0 saturated heterocycles. The van der Waals surface area contributed by atoms with Crippen LogP contribution in [0.4, 0.5) is 0 Å². The summed E-state index contributed by atoms with van der Waals surface area (Å²) in [5.74, 6) is -0.229. The number of benzene rings is 1. The van der Waals surface area contributed by atoms with Gasteiger partial charge in [0.1, 0.15) is 0 Å². The van der Waals surface area contributed by atoms with Gasteiger partial charge in [0, 0.05) is 18.7 Å². The van der Waals surface area contributed by atoms with E-state index in [4.69, 9.17) is 10.2 Å². The molecule has 116 valence electrons. The van der Waals surface area contributed by atoms with Crippen molar-refractivity contribution in [3.63, 3.8) is 0 Å². The molecule has 2 rings (SSSR count). The van der Waals surface area contributed by atoms with E-state index in [1.54, 1.807) is 13.0 Å². The van der Waals surface area contributed by atoms with Crippen molar-refractivity contribution in [3.05, 3.63) is 53.7 Å². The van der Waals surface area contributed by atoms with Gasteiger partial charge in [0.05, 0.1) is 30.2 Å². The number of amides is 1. The monoisotopic (exact) mass is 300 g/mol. The lowest BCUT2D eigenvalue weighted by atomic mass is 10.1. The van der Waals surface area contributed by atoms with Gasteiger partial charge in [-0.1, -0.05) is 30.3 Å². The number of pyridine rings is 1. The van der Waals surface area contributed by atoms with Crippen molar-refractivity contribution in [1.29, 1.82) is 0 Å². The second-order valence-electron chi connectivity index (χ2n) is 4.93. The minimum Gasteiger partial charge on any atom is -0.395 e. The van der Waals surface area contributed by atoms with Gasteiger partial charge < -0.3 is 15.1 Å². The number of carbonyl (C=O) groups excluding carboxylic acids is 1. The Bertz CT molecular complexity index is 623. The normalized spacial score (nSPS) is 10.5. The molecule has 1 aromatic carbocycles. The van der Waals surface area contributed by atoms with E-state index in [2.05, 4.69) is 4.98 Å². The van der Waals surface area contributed by atoms with Gasteiger partial charge in [0.25, 0.3) is 5.91 Å². The first kappa shape index (κ1) is 16.1. The Morgan fingerprint density at radius 3 is 2.23 bits per heavy atom. The Balaban J connectivity index is 2.27. The molecule has 0 unspecified atom stereocenters. The quantitative estimate of drug-likeness (QED) is 0.847. The average Bonchev–Trinajstić information content (AvgIpc) is 2.55. The summed E-state index contributed by atoms with van der Waals surface area (Å²) in [5.41, 5.74) is 2.92. The highest BCUT2D eigenvalue weighted by atomic mass is 16.3. The first-order valence-electron chi connectivity index (χ1n) is 7.21. The van der Waals surface area contributed by atoms with Crippen molar-refractivity contribution in [3.8, 4) is 11.3 Å². The van der Waals surface area contributed by atoms with Crippen LogP contribution in [-0.2, 0) is 0 Å². The van der Waals surface area contributed by atoms with Crippen molar-refractivity contribution in [1.82, 2.24) is 9.88 Å². The zero-order valence-electron chi connectivity index (χ0n) is 12.6. The molecule has 1 heterocycles. The fraction of sp³-hybridized carbons (Fsp3) is 0.294. The summed E-state index contributed by atoms with van der Waals surface area (Å²) in [6, 6.07) is 13.3. The van der Waals surface area contributed by atoms with Gasteiger partial charge in [-0.15, -0.1) is 0 Å². The number of hydrogen-bond acceptors (Lipinski definition) is 4. The number of aryl methyl sites for hydroxylation is 1. The SMILES string of the molecule is Cc1nc(-c2ccccc2)ccc1C(=O)N(CCO)CCO. The highest BCUT2D eigenvalue weighted by Gasteiger charge is 2.18. The molecule has 0 saturated carbocycles. The zero-order valence-corrected chi connectivity index (χ0v) is 12.6. The number of aliphatic hydroxyl groups excluding tert-OH is 2. The van der Waals surface area contributed by atoms with E-state index in [0.29, 0.717) is 11.3 Å². The second-order valence-corrected chi connectivity index (χ2v) is 4.93. The van der Waals surface area contributed by atoms with Crippen molar-refractivity contribution in [2.75, 3.05) is 26.3 Å². The Morgan fingerprint density at radius 2 is 1.68 bits per heavy atom. The van der Waals surface area contributed by atoms with Crippen LogP contribution in [0, 0.1) is 6.92 Å². The van der Waals surface area contributed by atoms with Crippen LogP contribution in [0.3, 0.4) is 0 Å². The molecule has 0 atom stereocenters. The van der Waals surface area contributed by atoms with Crippen LogP contribution < -0.4 is 0 Å². The summed E-state index contributed by atoms with van der Waals surface area (Å²) in [5, 5.41) is 18.1. The largest absolute Gasteiger partial charge is 0.395 e. The number of carbonyl (C=O) groups is 1. The number of aromatic nitrogens is 1. The fourth-order valence-electron chi connectivity index (χ4n) is 2.28. The molecule has 2 aromatic rings. The Kier molecular flexibility index (Phi) is 5.63. The predicted octanol–water partition coefficient (Wildman–Crippen LogP) is 1.48. The predicted molar refractivity (Wildman–Crippen MR) is 84.5 cm³/mol. The zero-order chi connectivity index (χ0) is 15.9. The van der Waals surface area contributed by atoms with E-state index >= 15 is 0 Å². The second kappa shape index (κ2) is 7.68. The highest BCUT2D eigenvalue weighted by molar-refractivity contribution is 5.95. The van der Waals surface area contributed by atoms with E-state index in [1.165, 1.54) is 4.90 Å². The Morgan fingerprint density at radius 1 is 1.05 bits per heavy atom. The highest BCUT2D eigenvalue weighted by Crippen LogP contribution is 2.19. The summed E-state index contributed by atoms with van der Waals surface area (Å²) in [7, 11) is 0. The van der Waals surface area contributed by atoms with E-state index in [0.717, 1.165) is 11.3 Å². The third kappa shape index (κ3) is 3.69. The molecule has 0 fully saturated rings. The lowest BCUT2D eigenvalue weighted by Gasteiger charge is -2.21. The standard InChI is InChI=1S/C17H20N2O3/c1-13-15(17(22)19(9-11-20)10-12-21)7-8-16(18-13)14-5-3-2-4-6-14/h2-8,20-21H,9-12H2,1H3. The molecular weight excluding hydrogens is 280 g/mol. The Labute approximate surface area is 129 Å². The molecule has 0 bridgehead atoms. The number of rotatable bonds is 6. The van der Waals surface area contributed by atoms with Gasteiger partial charge in [-0.05, 0) is 19.1 Å². The van der Waals surface area contributed by atoms with Crippen LogP contribution in [0.15, 0.2) is 42.5 Å². The summed E-state index contributed by atoms with van der Waals surface area (Å²) in [4.78, 5) is 18.4. The van der Waals surface area contributed by atoms with Gasteiger partial charge in [0.2, 0.25) is 0 Å². The summed E-state index contributed by atoms with van der Waals surface area (Å²) in [6.07, 6.45) is 0. The molecule has 5 nitrogen and oxygen atoms in total.